The summed E-state index contributed by atoms with van der Waals surface area (Å²) in [6.45, 7) is 2.72. The summed E-state index contributed by atoms with van der Waals surface area (Å²) >= 11 is 7.35. The van der Waals surface area contributed by atoms with Gasteiger partial charge in [-0.05, 0) is 38.0 Å². The highest BCUT2D eigenvalue weighted by Crippen LogP contribution is 2.28. The number of aromatic nitrogens is 2. The molecule has 1 aliphatic heterocycles. The fourth-order valence-electron chi connectivity index (χ4n) is 2.60. The molecule has 0 unspecified atom stereocenters. The molecule has 10 heteroatoms. The van der Waals surface area contributed by atoms with E-state index in [2.05, 4.69) is 15.5 Å². The lowest BCUT2D eigenvalue weighted by molar-refractivity contribution is 0.102. The highest BCUT2D eigenvalue weighted by molar-refractivity contribution is 7.89. The van der Waals surface area contributed by atoms with Crippen LogP contribution in [0.5, 0.6) is 0 Å². The maximum Gasteiger partial charge on any atom is 0.257 e. The molecule has 1 N–H and O–H groups in total. The third kappa shape index (κ3) is 4.00. The molecule has 0 spiro atoms. The fourth-order valence-corrected chi connectivity index (χ4v) is 5.21. The fraction of sp³-hybridized carbons (Fsp3) is 0.400. The Morgan fingerprint density at radius 1 is 1.24 bits per heavy atom. The van der Waals surface area contributed by atoms with Gasteiger partial charge in [0.15, 0.2) is 0 Å². The maximum atomic E-state index is 12.8. The van der Waals surface area contributed by atoms with Crippen LogP contribution in [0.25, 0.3) is 0 Å². The molecule has 0 atom stereocenters. The zero-order valence-corrected chi connectivity index (χ0v) is 15.9. The molecule has 1 aromatic carbocycles. The minimum absolute atomic E-state index is 0.0443. The van der Waals surface area contributed by atoms with Gasteiger partial charge in [0, 0.05) is 18.7 Å². The largest absolute Gasteiger partial charge is 0.296 e. The first-order valence-electron chi connectivity index (χ1n) is 7.79. The van der Waals surface area contributed by atoms with Gasteiger partial charge in [-0.3, -0.25) is 10.1 Å². The molecule has 0 aliphatic carbocycles. The molecule has 1 fully saturated rings. The molecule has 3 rings (SSSR count). The molecule has 1 saturated heterocycles. The zero-order valence-electron chi connectivity index (χ0n) is 13.5. The Morgan fingerprint density at radius 3 is 2.60 bits per heavy atom. The second-order valence-corrected chi connectivity index (χ2v) is 9.19. The second-order valence-electron chi connectivity index (χ2n) is 5.69. The van der Waals surface area contributed by atoms with Gasteiger partial charge in [-0.25, -0.2) is 8.42 Å². The van der Waals surface area contributed by atoms with Gasteiger partial charge >= 0.3 is 0 Å². The van der Waals surface area contributed by atoms with Crippen molar-refractivity contribution in [2.45, 2.75) is 31.1 Å². The van der Waals surface area contributed by atoms with Crippen LogP contribution < -0.4 is 5.32 Å². The molecule has 0 saturated carbocycles. The number of amides is 1. The minimum atomic E-state index is -3.72. The average molecular weight is 401 g/mol. The number of benzene rings is 1. The topological polar surface area (TPSA) is 92.3 Å². The number of nitrogens with one attached hydrogen (secondary N) is 1. The van der Waals surface area contributed by atoms with Crippen molar-refractivity contribution in [2.75, 3.05) is 18.4 Å². The number of halogens is 1. The molecule has 7 nitrogen and oxygen atoms in total. The van der Waals surface area contributed by atoms with E-state index in [1.807, 2.05) is 0 Å². The first-order chi connectivity index (χ1) is 11.9. The van der Waals surface area contributed by atoms with Gasteiger partial charge < -0.3 is 0 Å². The number of sulfonamides is 1. The van der Waals surface area contributed by atoms with Crippen LogP contribution in [0.4, 0.5) is 5.13 Å². The Labute approximate surface area is 155 Å². The summed E-state index contributed by atoms with van der Waals surface area (Å²) in [7, 11) is -3.72. The number of carbonyl (C=O) groups excluding carboxylic acids is 1. The number of carbonyl (C=O) groups is 1. The van der Waals surface area contributed by atoms with Crippen LogP contribution in [0, 0.1) is 6.92 Å². The number of nitrogens with zero attached hydrogens (tertiary/aromatic N) is 3. The Morgan fingerprint density at radius 2 is 1.96 bits per heavy atom. The summed E-state index contributed by atoms with van der Waals surface area (Å²) in [5.41, 5.74) is 0.202. The van der Waals surface area contributed by atoms with Gasteiger partial charge in [0.1, 0.15) is 9.90 Å². The van der Waals surface area contributed by atoms with Crippen LogP contribution in [0.1, 0.15) is 34.6 Å². The van der Waals surface area contributed by atoms with Crippen LogP contribution in [-0.4, -0.2) is 41.9 Å². The van der Waals surface area contributed by atoms with E-state index < -0.39 is 15.9 Å². The highest BCUT2D eigenvalue weighted by atomic mass is 35.5. The number of anilines is 1. The van der Waals surface area contributed by atoms with Crippen LogP contribution >= 0.6 is 22.9 Å². The third-order valence-electron chi connectivity index (χ3n) is 3.87. The Balaban J connectivity index is 1.88. The second kappa shape index (κ2) is 7.36. The molecule has 1 aliphatic rings. The molecule has 1 aromatic heterocycles. The van der Waals surface area contributed by atoms with E-state index in [0.717, 1.165) is 24.3 Å². The molecule has 2 heterocycles. The van der Waals surface area contributed by atoms with Gasteiger partial charge in [0.05, 0.1) is 5.02 Å². The van der Waals surface area contributed by atoms with E-state index in [4.69, 9.17) is 11.6 Å². The summed E-state index contributed by atoms with van der Waals surface area (Å²) in [5, 5.41) is 11.5. The standard InChI is InChI=1S/C15H17ClN4O3S2/c1-10-18-19-15(24-10)17-14(21)11-5-6-12(16)13(9-11)25(22,23)20-7-3-2-4-8-20/h5-6,9H,2-4,7-8H2,1H3,(H,17,19,21). The lowest BCUT2D eigenvalue weighted by atomic mass is 10.2. The van der Waals surface area contributed by atoms with E-state index in [1.165, 1.54) is 33.8 Å². The van der Waals surface area contributed by atoms with Crippen LogP contribution in [0.15, 0.2) is 23.1 Å². The Kier molecular flexibility index (Phi) is 5.38. The molecule has 0 radical (unpaired) electrons. The average Bonchev–Trinajstić information content (AvgIpc) is 3.00. The monoisotopic (exact) mass is 400 g/mol. The Bertz CT molecular complexity index is 892. The van der Waals surface area contributed by atoms with Crippen LogP contribution in [0.3, 0.4) is 0 Å². The first kappa shape index (κ1) is 18.2. The minimum Gasteiger partial charge on any atom is -0.296 e. The van der Waals surface area contributed by atoms with Gasteiger partial charge in [-0.15, -0.1) is 10.2 Å². The Hall–Kier alpha value is -1.55. The van der Waals surface area contributed by atoms with Crippen molar-refractivity contribution < 1.29 is 13.2 Å². The van der Waals surface area contributed by atoms with Crippen molar-refractivity contribution in [1.29, 1.82) is 0 Å². The van der Waals surface area contributed by atoms with E-state index in [-0.39, 0.29) is 15.5 Å². The predicted molar refractivity (Wildman–Crippen MR) is 96.7 cm³/mol. The predicted octanol–water partition coefficient (Wildman–Crippen LogP) is 2.93. The maximum absolute atomic E-state index is 12.8. The van der Waals surface area contributed by atoms with E-state index in [0.29, 0.717) is 18.2 Å². The molecular weight excluding hydrogens is 384 g/mol. The molecular formula is C15H17ClN4O3S2. The quantitative estimate of drug-likeness (QED) is 0.851. The van der Waals surface area contributed by atoms with Crippen molar-refractivity contribution in [2.24, 2.45) is 0 Å². The molecule has 0 bridgehead atoms. The number of hydrogen-bond acceptors (Lipinski definition) is 6. The SMILES string of the molecule is Cc1nnc(NC(=O)c2ccc(Cl)c(S(=O)(=O)N3CCCCC3)c2)s1. The summed E-state index contributed by atoms with van der Waals surface area (Å²) < 4.78 is 27.1. The van der Waals surface area contributed by atoms with Crippen LogP contribution in [0.2, 0.25) is 5.02 Å². The summed E-state index contributed by atoms with van der Waals surface area (Å²) in [4.78, 5) is 12.3. The van der Waals surface area contributed by atoms with Gasteiger partial charge in [0.25, 0.3) is 5.91 Å². The summed E-state index contributed by atoms with van der Waals surface area (Å²) in [6.07, 6.45) is 2.67. The smallest absolute Gasteiger partial charge is 0.257 e. The number of rotatable bonds is 4. The lowest BCUT2D eigenvalue weighted by Crippen LogP contribution is -2.35. The summed E-state index contributed by atoms with van der Waals surface area (Å²) in [6, 6.07) is 4.23. The van der Waals surface area contributed by atoms with Gasteiger partial charge in [-0.2, -0.15) is 4.31 Å². The van der Waals surface area contributed by atoms with Crippen molar-refractivity contribution in [3.05, 3.63) is 33.8 Å². The van der Waals surface area contributed by atoms with E-state index >= 15 is 0 Å². The molecule has 134 valence electrons. The molecule has 1 amide bonds. The van der Waals surface area contributed by atoms with Crippen molar-refractivity contribution in [1.82, 2.24) is 14.5 Å². The third-order valence-corrected chi connectivity index (χ3v) is 7.01. The normalized spacial score (nSPS) is 15.9. The highest BCUT2D eigenvalue weighted by Gasteiger charge is 2.28. The van der Waals surface area contributed by atoms with E-state index in [1.54, 1.807) is 6.92 Å². The first-order valence-corrected chi connectivity index (χ1v) is 10.4. The number of aryl methyl sites for hydroxylation is 1. The zero-order chi connectivity index (χ0) is 18.0. The number of piperidine rings is 1. The molecule has 25 heavy (non-hydrogen) atoms. The van der Waals surface area contributed by atoms with Crippen LogP contribution in [-0.2, 0) is 10.0 Å². The lowest BCUT2D eigenvalue weighted by Gasteiger charge is -2.26. The number of hydrogen-bond donors (Lipinski definition) is 1. The van der Waals surface area contributed by atoms with Gasteiger partial charge in [0.2, 0.25) is 15.2 Å². The van der Waals surface area contributed by atoms with Crippen molar-refractivity contribution in [3.8, 4) is 0 Å². The van der Waals surface area contributed by atoms with Gasteiger partial charge in [-0.1, -0.05) is 29.4 Å². The molecule has 2 aromatic rings. The van der Waals surface area contributed by atoms with Crippen molar-refractivity contribution in [3.63, 3.8) is 0 Å². The summed E-state index contributed by atoms with van der Waals surface area (Å²) in [5.74, 6) is -0.456. The van der Waals surface area contributed by atoms with E-state index in [9.17, 15) is 13.2 Å². The van der Waals surface area contributed by atoms with Crippen molar-refractivity contribution >= 4 is 44.0 Å².